The third-order valence-electron chi connectivity index (χ3n) is 6.50. The molecule has 0 aliphatic rings. The van der Waals surface area contributed by atoms with E-state index in [1.54, 1.807) is 6.92 Å². The second-order valence-electron chi connectivity index (χ2n) is 9.07. The first-order valence-corrected chi connectivity index (χ1v) is 14.4. The lowest BCUT2D eigenvalue weighted by Gasteiger charge is -2.31. The number of unbranched alkanes of at least 4 members (excludes halogenated alkanes) is 3. The van der Waals surface area contributed by atoms with Crippen molar-refractivity contribution in [3.05, 3.63) is 83.9 Å². The van der Waals surface area contributed by atoms with Crippen molar-refractivity contribution in [1.29, 1.82) is 0 Å². The molecule has 3 aromatic rings. The molecule has 0 spiro atoms. The average molecular weight is 481 g/mol. The molecule has 0 aliphatic carbocycles. The summed E-state index contributed by atoms with van der Waals surface area (Å²) in [6.07, 6.45) is 5.15. The highest BCUT2D eigenvalue weighted by Gasteiger charge is 2.38. The Balaban J connectivity index is 1.99. The van der Waals surface area contributed by atoms with Crippen LogP contribution in [0, 0.1) is 0 Å². The molecule has 0 aromatic heterocycles. The molecule has 0 fully saturated rings. The van der Waals surface area contributed by atoms with Gasteiger partial charge in [-0.3, -0.25) is 9.36 Å². The zero-order valence-corrected chi connectivity index (χ0v) is 21.3. The van der Waals surface area contributed by atoms with Gasteiger partial charge >= 0.3 is 5.97 Å². The van der Waals surface area contributed by atoms with Crippen LogP contribution >= 0.6 is 7.37 Å². The van der Waals surface area contributed by atoms with E-state index in [4.69, 9.17) is 4.74 Å². The first-order valence-electron chi connectivity index (χ1n) is 12.4. The van der Waals surface area contributed by atoms with Gasteiger partial charge in [-0.25, -0.2) is 0 Å². The number of rotatable bonds is 13. The summed E-state index contributed by atoms with van der Waals surface area (Å²) in [6.45, 7) is 4.04. The predicted molar refractivity (Wildman–Crippen MR) is 140 cm³/mol. The van der Waals surface area contributed by atoms with Crippen LogP contribution in [0.4, 0.5) is 0 Å². The molecule has 1 N–H and O–H groups in total. The van der Waals surface area contributed by atoms with Gasteiger partial charge in [0, 0.05) is 24.2 Å². The summed E-state index contributed by atoms with van der Waals surface area (Å²) in [6, 6.07) is 23.8. The molecule has 3 atom stereocenters. The molecule has 3 unspecified atom stereocenters. The minimum absolute atomic E-state index is 0.114. The zero-order valence-electron chi connectivity index (χ0n) is 20.4. The molecule has 5 heteroatoms. The van der Waals surface area contributed by atoms with Gasteiger partial charge in [-0.2, -0.15) is 0 Å². The van der Waals surface area contributed by atoms with E-state index < -0.39 is 13.0 Å². The minimum atomic E-state index is -3.61. The maximum absolute atomic E-state index is 14.0. The van der Waals surface area contributed by atoms with E-state index in [1.807, 2.05) is 60.7 Å². The third-order valence-corrected chi connectivity index (χ3v) is 8.98. The van der Waals surface area contributed by atoms with Crippen LogP contribution in [0.15, 0.2) is 72.8 Å². The maximum atomic E-state index is 14.0. The molecule has 0 saturated heterocycles. The summed E-state index contributed by atoms with van der Waals surface area (Å²) < 4.78 is 19.6. The molecular formula is C29H37O4P. The van der Waals surface area contributed by atoms with Gasteiger partial charge in [0.1, 0.15) is 0 Å². The van der Waals surface area contributed by atoms with Crippen molar-refractivity contribution >= 4 is 24.1 Å². The van der Waals surface area contributed by atoms with Crippen molar-refractivity contribution in [2.45, 2.75) is 70.1 Å². The SMILES string of the molecule is CCCCCCC(C(COC(=O)CC)c1ccc2ccccc2c1)P(=O)(O)Cc1ccccc1. The highest BCUT2D eigenvalue weighted by Crippen LogP contribution is 2.56. The number of hydrogen-bond donors (Lipinski definition) is 1. The first-order chi connectivity index (χ1) is 16.4. The molecule has 0 bridgehead atoms. The monoisotopic (exact) mass is 480 g/mol. The standard InChI is InChI=1S/C29H37O4P/c1-3-5-6-10-17-28(34(31,32)22-23-13-8-7-9-14-23)27(21-33-29(30)4-2)26-19-18-24-15-11-12-16-25(24)20-26/h7-9,11-16,18-20,27-28H,3-6,10,17,21-22H2,1-2H3,(H,31,32). The predicted octanol–water partition coefficient (Wildman–Crippen LogP) is 7.69. The maximum Gasteiger partial charge on any atom is 0.305 e. The van der Waals surface area contributed by atoms with Crippen LogP contribution < -0.4 is 0 Å². The van der Waals surface area contributed by atoms with Crippen LogP contribution in [0.3, 0.4) is 0 Å². The molecule has 0 saturated carbocycles. The van der Waals surface area contributed by atoms with Crippen LogP contribution in [0.5, 0.6) is 0 Å². The van der Waals surface area contributed by atoms with Crippen molar-refractivity contribution in [2.24, 2.45) is 0 Å². The Morgan fingerprint density at radius 3 is 2.32 bits per heavy atom. The Morgan fingerprint density at radius 2 is 1.62 bits per heavy atom. The highest BCUT2D eigenvalue weighted by atomic mass is 31.2. The highest BCUT2D eigenvalue weighted by molar-refractivity contribution is 7.58. The fourth-order valence-electron chi connectivity index (χ4n) is 4.58. The van der Waals surface area contributed by atoms with Crippen LogP contribution in [0.25, 0.3) is 10.8 Å². The summed E-state index contributed by atoms with van der Waals surface area (Å²) in [7, 11) is -3.61. The molecule has 3 rings (SSSR count). The van der Waals surface area contributed by atoms with Gasteiger partial charge in [0.25, 0.3) is 0 Å². The van der Waals surface area contributed by atoms with E-state index in [9.17, 15) is 14.3 Å². The Morgan fingerprint density at radius 1 is 0.912 bits per heavy atom. The van der Waals surface area contributed by atoms with E-state index in [0.717, 1.165) is 47.6 Å². The lowest BCUT2D eigenvalue weighted by atomic mass is 9.91. The molecule has 3 aromatic carbocycles. The minimum Gasteiger partial charge on any atom is -0.465 e. The van der Waals surface area contributed by atoms with Crippen molar-refractivity contribution in [3.8, 4) is 0 Å². The second kappa shape index (κ2) is 12.9. The van der Waals surface area contributed by atoms with Crippen molar-refractivity contribution in [3.63, 3.8) is 0 Å². The Bertz CT molecular complexity index is 1100. The molecule has 34 heavy (non-hydrogen) atoms. The molecule has 182 valence electrons. The van der Waals surface area contributed by atoms with E-state index in [0.29, 0.717) is 6.42 Å². The molecule has 0 aliphatic heterocycles. The molecule has 4 nitrogen and oxygen atoms in total. The molecule has 0 radical (unpaired) electrons. The Kier molecular flexibility index (Phi) is 9.92. The van der Waals surface area contributed by atoms with Gasteiger partial charge < -0.3 is 9.63 Å². The zero-order chi connectivity index (χ0) is 24.4. The average Bonchev–Trinajstić information content (AvgIpc) is 2.85. The van der Waals surface area contributed by atoms with Crippen LogP contribution in [0.2, 0.25) is 0 Å². The summed E-state index contributed by atoms with van der Waals surface area (Å²) in [5, 5.41) is 2.19. The number of esters is 1. The number of carbonyl (C=O) groups excluding carboxylic acids is 1. The summed E-state index contributed by atoms with van der Waals surface area (Å²) in [4.78, 5) is 23.5. The number of fused-ring (bicyclic) bond motifs is 1. The van der Waals surface area contributed by atoms with Gasteiger partial charge in [-0.15, -0.1) is 0 Å². The van der Waals surface area contributed by atoms with Crippen molar-refractivity contribution < 1.29 is 19.0 Å². The summed E-state index contributed by atoms with van der Waals surface area (Å²) in [5.74, 6) is -0.632. The quantitative estimate of drug-likeness (QED) is 0.155. The Hall–Kier alpha value is -2.42. The van der Waals surface area contributed by atoms with Gasteiger partial charge in [0.05, 0.1) is 6.61 Å². The normalized spacial score (nSPS) is 14.9. The van der Waals surface area contributed by atoms with Gasteiger partial charge in [-0.05, 0) is 28.3 Å². The largest absolute Gasteiger partial charge is 0.465 e. The van der Waals surface area contributed by atoms with Crippen molar-refractivity contribution in [2.75, 3.05) is 6.61 Å². The fourth-order valence-corrected chi connectivity index (χ4v) is 6.95. The van der Waals surface area contributed by atoms with E-state index >= 15 is 0 Å². The van der Waals surface area contributed by atoms with Crippen molar-refractivity contribution in [1.82, 2.24) is 0 Å². The van der Waals surface area contributed by atoms with E-state index in [-0.39, 0.29) is 31.1 Å². The smallest absolute Gasteiger partial charge is 0.305 e. The molecular weight excluding hydrogens is 443 g/mol. The van der Waals surface area contributed by atoms with Crippen LogP contribution in [-0.4, -0.2) is 23.1 Å². The van der Waals surface area contributed by atoms with Gasteiger partial charge in [-0.1, -0.05) is 112 Å². The number of carbonyl (C=O) groups is 1. The topological polar surface area (TPSA) is 63.6 Å². The van der Waals surface area contributed by atoms with Crippen LogP contribution in [-0.2, 0) is 20.3 Å². The first kappa shape index (κ1) is 26.2. The number of ether oxygens (including phenoxy) is 1. The fraction of sp³-hybridized carbons (Fsp3) is 0.414. The van der Waals surface area contributed by atoms with Gasteiger partial charge in [0.15, 0.2) is 0 Å². The number of benzene rings is 3. The van der Waals surface area contributed by atoms with E-state index in [2.05, 4.69) is 19.1 Å². The lowest BCUT2D eigenvalue weighted by molar-refractivity contribution is -0.143. The summed E-state index contributed by atoms with van der Waals surface area (Å²) in [5.41, 5.74) is 1.32. The third kappa shape index (κ3) is 7.29. The second-order valence-corrected chi connectivity index (χ2v) is 11.6. The molecule has 0 amide bonds. The Labute approximate surface area is 203 Å². The lowest BCUT2D eigenvalue weighted by Crippen LogP contribution is -2.26. The molecule has 0 heterocycles. The van der Waals surface area contributed by atoms with E-state index in [1.165, 1.54) is 0 Å². The number of hydrogen-bond acceptors (Lipinski definition) is 3. The van der Waals surface area contributed by atoms with Gasteiger partial charge in [0.2, 0.25) is 7.37 Å². The van der Waals surface area contributed by atoms with Crippen LogP contribution in [0.1, 0.15) is 69.4 Å². The summed E-state index contributed by atoms with van der Waals surface area (Å²) >= 11 is 0.